The van der Waals surface area contributed by atoms with Crippen LogP contribution < -0.4 is 4.74 Å². The van der Waals surface area contributed by atoms with Gasteiger partial charge in [0.2, 0.25) is 0 Å². The highest BCUT2D eigenvalue weighted by molar-refractivity contribution is 5.78. The first-order valence-corrected chi connectivity index (χ1v) is 7.27. The molecule has 1 unspecified atom stereocenters. The van der Waals surface area contributed by atoms with Gasteiger partial charge in [-0.05, 0) is 23.3 Å². The monoisotopic (exact) mass is 276 g/mol. The third kappa shape index (κ3) is 2.05. The molecule has 3 aromatic rings. The number of rotatable bonds is 2. The summed E-state index contributed by atoms with van der Waals surface area (Å²) in [6.07, 6.45) is 4.46. The van der Waals surface area contributed by atoms with Crippen LogP contribution in [0.2, 0.25) is 0 Å². The molecular weight excluding hydrogens is 260 g/mol. The molecule has 1 aliphatic heterocycles. The van der Waals surface area contributed by atoms with Gasteiger partial charge in [0.1, 0.15) is 12.1 Å². The molecular formula is C18H16N2O. The van der Waals surface area contributed by atoms with Crippen molar-refractivity contribution in [3.63, 3.8) is 0 Å². The van der Waals surface area contributed by atoms with Crippen LogP contribution in [0.5, 0.6) is 5.75 Å². The van der Waals surface area contributed by atoms with Crippen molar-refractivity contribution in [2.75, 3.05) is 6.61 Å². The number of hydrogen-bond donors (Lipinski definition) is 0. The van der Waals surface area contributed by atoms with E-state index in [0.29, 0.717) is 5.92 Å². The number of aromatic nitrogens is 2. The smallest absolute Gasteiger partial charge is 0.122 e. The standard InChI is InChI=1S/C18H16N2O/c1-12(15-3-2-4-18-16(15)7-8-21-18)13-5-6-14-10-19-11-20-17(14)9-13/h2-6,9-12H,7-8H2,1H3. The molecule has 0 radical (unpaired) electrons. The molecule has 1 aliphatic rings. The quantitative estimate of drug-likeness (QED) is 0.715. The van der Waals surface area contributed by atoms with Crippen molar-refractivity contribution in [2.24, 2.45) is 0 Å². The van der Waals surface area contributed by atoms with Crippen molar-refractivity contribution in [1.29, 1.82) is 0 Å². The minimum atomic E-state index is 0.334. The largest absolute Gasteiger partial charge is 0.493 e. The van der Waals surface area contributed by atoms with E-state index in [4.69, 9.17) is 4.74 Å². The average molecular weight is 276 g/mol. The zero-order valence-electron chi connectivity index (χ0n) is 11.9. The molecule has 21 heavy (non-hydrogen) atoms. The van der Waals surface area contributed by atoms with Gasteiger partial charge in [-0.25, -0.2) is 9.97 Å². The van der Waals surface area contributed by atoms with Crippen LogP contribution in [-0.4, -0.2) is 16.6 Å². The zero-order valence-corrected chi connectivity index (χ0v) is 11.9. The molecule has 3 nitrogen and oxygen atoms in total. The maximum absolute atomic E-state index is 5.67. The molecule has 104 valence electrons. The first-order valence-electron chi connectivity index (χ1n) is 7.27. The summed E-state index contributed by atoms with van der Waals surface area (Å²) >= 11 is 0. The Balaban J connectivity index is 1.80. The van der Waals surface area contributed by atoms with E-state index in [1.807, 2.05) is 6.20 Å². The third-order valence-electron chi connectivity index (χ3n) is 4.28. The van der Waals surface area contributed by atoms with E-state index in [1.54, 1.807) is 6.33 Å². The molecule has 4 rings (SSSR count). The predicted octanol–water partition coefficient (Wildman–Crippen LogP) is 3.72. The highest BCUT2D eigenvalue weighted by Gasteiger charge is 2.20. The predicted molar refractivity (Wildman–Crippen MR) is 82.7 cm³/mol. The van der Waals surface area contributed by atoms with E-state index in [9.17, 15) is 0 Å². The number of fused-ring (bicyclic) bond motifs is 2. The van der Waals surface area contributed by atoms with Crippen LogP contribution in [0, 0.1) is 0 Å². The molecule has 0 saturated carbocycles. The molecule has 0 aliphatic carbocycles. The second kappa shape index (κ2) is 4.85. The van der Waals surface area contributed by atoms with E-state index >= 15 is 0 Å². The minimum absolute atomic E-state index is 0.334. The Labute approximate surface area is 123 Å². The van der Waals surface area contributed by atoms with Crippen molar-refractivity contribution in [1.82, 2.24) is 9.97 Å². The number of nitrogens with zero attached hydrogens (tertiary/aromatic N) is 2. The molecule has 1 atom stereocenters. The van der Waals surface area contributed by atoms with Crippen molar-refractivity contribution < 1.29 is 4.74 Å². The molecule has 2 aromatic carbocycles. The van der Waals surface area contributed by atoms with E-state index in [0.717, 1.165) is 29.7 Å². The topological polar surface area (TPSA) is 35.0 Å². The molecule has 3 heteroatoms. The Morgan fingerprint density at radius 2 is 2.14 bits per heavy atom. The second-order valence-electron chi connectivity index (χ2n) is 5.49. The number of ether oxygens (including phenoxy) is 1. The van der Waals surface area contributed by atoms with E-state index < -0.39 is 0 Å². The lowest BCUT2D eigenvalue weighted by Gasteiger charge is -2.16. The average Bonchev–Trinajstić information content (AvgIpc) is 3.02. The van der Waals surface area contributed by atoms with Gasteiger partial charge in [0, 0.05) is 29.5 Å². The fourth-order valence-corrected chi connectivity index (χ4v) is 3.09. The summed E-state index contributed by atoms with van der Waals surface area (Å²) < 4.78 is 5.67. The Bertz CT molecular complexity index is 813. The summed E-state index contributed by atoms with van der Waals surface area (Å²) in [5, 5.41) is 1.08. The number of benzene rings is 2. The highest BCUT2D eigenvalue weighted by atomic mass is 16.5. The van der Waals surface area contributed by atoms with Crippen LogP contribution >= 0.6 is 0 Å². The number of hydrogen-bond acceptors (Lipinski definition) is 3. The SMILES string of the molecule is CC(c1ccc2cncnc2c1)c1cccc2c1CCO2. The first kappa shape index (κ1) is 12.3. The fourth-order valence-electron chi connectivity index (χ4n) is 3.09. The summed E-state index contributed by atoms with van der Waals surface area (Å²) in [5.41, 5.74) is 4.99. The summed E-state index contributed by atoms with van der Waals surface area (Å²) in [6, 6.07) is 12.8. The first-order chi connectivity index (χ1) is 10.3. The van der Waals surface area contributed by atoms with Crippen molar-refractivity contribution in [3.05, 3.63) is 65.6 Å². The third-order valence-corrected chi connectivity index (χ3v) is 4.28. The normalized spacial score (nSPS) is 14.7. The second-order valence-corrected chi connectivity index (χ2v) is 5.49. The van der Waals surface area contributed by atoms with Gasteiger partial charge in [-0.2, -0.15) is 0 Å². The molecule has 0 saturated heterocycles. The van der Waals surface area contributed by atoms with E-state index in [2.05, 4.69) is 53.3 Å². The molecule has 0 amide bonds. The van der Waals surface area contributed by atoms with Crippen LogP contribution in [-0.2, 0) is 6.42 Å². The van der Waals surface area contributed by atoms with E-state index in [1.165, 1.54) is 16.7 Å². The molecule has 0 fully saturated rings. The van der Waals surface area contributed by atoms with Crippen molar-refractivity contribution in [3.8, 4) is 5.75 Å². The van der Waals surface area contributed by atoms with Crippen LogP contribution in [0.4, 0.5) is 0 Å². The maximum Gasteiger partial charge on any atom is 0.122 e. The van der Waals surface area contributed by atoms with Crippen molar-refractivity contribution >= 4 is 10.9 Å². The van der Waals surface area contributed by atoms with E-state index in [-0.39, 0.29) is 0 Å². The van der Waals surface area contributed by atoms with Gasteiger partial charge in [-0.15, -0.1) is 0 Å². The minimum Gasteiger partial charge on any atom is -0.493 e. The van der Waals surface area contributed by atoms with Gasteiger partial charge in [0.15, 0.2) is 0 Å². The lowest BCUT2D eigenvalue weighted by atomic mass is 9.88. The van der Waals surface area contributed by atoms with Gasteiger partial charge in [-0.3, -0.25) is 0 Å². The van der Waals surface area contributed by atoms with Crippen LogP contribution in [0.15, 0.2) is 48.9 Å². The lowest BCUT2D eigenvalue weighted by Crippen LogP contribution is -2.00. The van der Waals surface area contributed by atoms with Gasteiger partial charge in [0.05, 0.1) is 12.1 Å². The summed E-state index contributed by atoms with van der Waals surface area (Å²) in [7, 11) is 0. The Hall–Kier alpha value is -2.42. The lowest BCUT2D eigenvalue weighted by molar-refractivity contribution is 0.357. The van der Waals surface area contributed by atoms with Crippen molar-refractivity contribution in [2.45, 2.75) is 19.3 Å². The van der Waals surface area contributed by atoms with Crippen LogP contribution in [0.1, 0.15) is 29.5 Å². The Morgan fingerprint density at radius 1 is 1.19 bits per heavy atom. The summed E-state index contributed by atoms with van der Waals surface area (Å²) in [4.78, 5) is 8.42. The van der Waals surface area contributed by atoms with Gasteiger partial charge >= 0.3 is 0 Å². The maximum atomic E-state index is 5.67. The molecule has 0 bridgehead atoms. The molecule has 1 aromatic heterocycles. The molecule has 2 heterocycles. The van der Waals surface area contributed by atoms with Gasteiger partial charge in [-0.1, -0.05) is 31.2 Å². The van der Waals surface area contributed by atoms with Gasteiger partial charge < -0.3 is 4.74 Å². The zero-order chi connectivity index (χ0) is 14.2. The summed E-state index contributed by atoms with van der Waals surface area (Å²) in [6.45, 7) is 3.04. The molecule has 0 spiro atoms. The Kier molecular flexibility index (Phi) is 2.85. The Morgan fingerprint density at radius 3 is 3.10 bits per heavy atom. The van der Waals surface area contributed by atoms with Crippen LogP contribution in [0.25, 0.3) is 10.9 Å². The fraction of sp³-hybridized carbons (Fsp3) is 0.222. The van der Waals surface area contributed by atoms with Crippen LogP contribution in [0.3, 0.4) is 0 Å². The summed E-state index contributed by atoms with van der Waals surface area (Å²) in [5.74, 6) is 1.38. The molecule has 0 N–H and O–H groups in total. The van der Waals surface area contributed by atoms with Gasteiger partial charge in [0.25, 0.3) is 0 Å². The highest BCUT2D eigenvalue weighted by Crippen LogP contribution is 2.35.